The summed E-state index contributed by atoms with van der Waals surface area (Å²) in [6, 6.07) is 12.1. The van der Waals surface area contributed by atoms with Gasteiger partial charge in [-0.25, -0.2) is 4.39 Å². The van der Waals surface area contributed by atoms with Crippen LogP contribution in [0.5, 0.6) is 0 Å². The Balaban J connectivity index is 2.21. The highest BCUT2D eigenvalue weighted by Crippen LogP contribution is 2.23. The lowest BCUT2D eigenvalue weighted by Gasteiger charge is -2.14. The minimum atomic E-state index is -0.384. The highest BCUT2D eigenvalue weighted by molar-refractivity contribution is 6.30. The van der Waals surface area contributed by atoms with Gasteiger partial charge in [0.2, 0.25) is 0 Å². The molecule has 2 rings (SSSR count). The van der Waals surface area contributed by atoms with Gasteiger partial charge in [0, 0.05) is 16.6 Å². The van der Waals surface area contributed by atoms with E-state index >= 15 is 0 Å². The van der Waals surface area contributed by atoms with E-state index in [0.717, 1.165) is 5.56 Å². The van der Waals surface area contributed by atoms with Crippen LogP contribution in [0.25, 0.3) is 0 Å². The first-order valence-corrected chi connectivity index (χ1v) is 6.20. The van der Waals surface area contributed by atoms with E-state index in [4.69, 9.17) is 17.3 Å². The maximum Gasteiger partial charge on any atom is 0.128 e. The molecule has 18 heavy (non-hydrogen) atoms. The highest BCUT2D eigenvalue weighted by Gasteiger charge is 2.12. The van der Waals surface area contributed by atoms with Gasteiger partial charge in [-0.05, 0) is 37.1 Å². The molecule has 0 fully saturated rings. The van der Waals surface area contributed by atoms with Crippen molar-refractivity contribution in [1.82, 2.24) is 0 Å². The molecule has 0 saturated carbocycles. The molecule has 0 aliphatic rings. The molecule has 0 heterocycles. The topological polar surface area (TPSA) is 26.0 Å². The first kappa shape index (κ1) is 13.1. The lowest BCUT2D eigenvalue weighted by molar-refractivity contribution is 0.580. The summed E-state index contributed by atoms with van der Waals surface area (Å²) in [4.78, 5) is 0. The maximum atomic E-state index is 13.7. The van der Waals surface area contributed by atoms with Crippen molar-refractivity contribution >= 4 is 11.6 Å². The second kappa shape index (κ2) is 5.51. The average Bonchev–Trinajstić information content (AvgIpc) is 2.32. The summed E-state index contributed by atoms with van der Waals surface area (Å²) in [7, 11) is 0. The van der Waals surface area contributed by atoms with Gasteiger partial charge in [-0.2, -0.15) is 0 Å². The zero-order valence-corrected chi connectivity index (χ0v) is 10.9. The molecule has 1 atom stereocenters. The zero-order valence-electron chi connectivity index (χ0n) is 10.2. The first-order chi connectivity index (χ1) is 8.56. The Morgan fingerprint density at radius 3 is 2.72 bits per heavy atom. The Morgan fingerprint density at radius 2 is 2.00 bits per heavy atom. The molecule has 0 radical (unpaired) electrons. The van der Waals surface area contributed by atoms with Crippen molar-refractivity contribution in [2.75, 3.05) is 0 Å². The summed E-state index contributed by atoms with van der Waals surface area (Å²) in [6.07, 6.45) is 0.596. The normalized spacial score (nSPS) is 12.4. The molecule has 94 valence electrons. The van der Waals surface area contributed by atoms with Crippen LogP contribution in [0.4, 0.5) is 4.39 Å². The lowest BCUT2D eigenvalue weighted by Crippen LogP contribution is -2.15. The molecular weight excluding hydrogens is 249 g/mol. The van der Waals surface area contributed by atoms with Crippen LogP contribution in [0.1, 0.15) is 22.7 Å². The smallest absolute Gasteiger partial charge is 0.128 e. The Kier molecular flexibility index (Phi) is 4.00. The third kappa shape index (κ3) is 3.09. The molecule has 3 heteroatoms. The molecule has 0 aromatic heterocycles. The Labute approximate surface area is 111 Å². The fourth-order valence-electron chi connectivity index (χ4n) is 2.00. The summed E-state index contributed by atoms with van der Waals surface area (Å²) < 4.78 is 13.7. The number of nitrogens with two attached hydrogens (primary N) is 1. The van der Waals surface area contributed by atoms with Gasteiger partial charge in [0.1, 0.15) is 5.82 Å². The van der Waals surface area contributed by atoms with Crippen LogP contribution in [0.3, 0.4) is 0 Å². The molecule has 1 nitrogen and oxygen atoms in total. The average molecular weight is 264 g/mol. The van der Waals surface area contributed by atoms with E-state index in [-0.39, 0.29) is 11.9 Å². The van der Waals surface area contributed by atoms with E-state index in [1.165, 1.54) is 17.7 Å². The van der Waals surface area contributed by atoms with E-state index in [0.29, 0.717) is 17.0 Å². The molecule has 2 N–H and O–H groups in total. The van der Waals surface area contributed by atoms with Crippen molar-refractivity contribution in [3.8, 4) is 0 Å². The van der Waals surface area contributed by atoms with Crippen LogP contribution >= 0.6 is 11.6 Å². The molecule has 0 amide bonds. The van der Waals surface area contributed by atoms with Crippen molar-refractivity contribution < 1.29 is 4.39 Å². The number of aryl methyl sites for hydroxylation is 1. The number of rotatable bonds is 3. The zero-order chi connectivity index (χ0) is 13.1. The van der Waals surface area contributed by atoms with Crippen LogP contribution in [-0.4, -0.2) is 0 Å². The fraction of sp³-hybridized carbons (Fsp3) is 0.200. The third-order valence-corrected chi connectivity index (χ3v) is 3.13. The second-order valence-corrected chi connectivity index (χ2v) is 4.90. The van der Waals surface area contributed by atoms with Gasteiger partial charge in [-0.1, -0.05) is 41.4 Å². The second-order valence-electron chi connectivity index (χ2n) is 4.47. The fourth-order valence-corrected chi connectivity index (χ4v) is 2.18. The Bertz CT molecular complexity index is 554. The molecule has 1 unspecified atom stereocenters. The van der Waals surface area contributed by atoms with Crippen LogP contribution in [0.15, 0.2) is 42.5 Å². The summed E-state index contributed by atoms with van der Waals surface area (Å²) >= 11 is 5.87. The largest absolute Gasteiger partial charge is 0.324 e. The minimum absolute atomic E-state index is 0.306. The van der Waals surface area contributed by atoms with Crippen molar-refractivity contribution in [1.29, 1.82) is 0 Å². The van der Waals surface area contributed by atoms with Gasteiger partial charge in [0.05, 0.1) is 0 Å². The standard InChI is InChI=1S/C15H15ClFN/c1-10-3-2-4-11(7-10)8-15(18)13-9-12(16)5-6-14(13)17/h2-7,9,15H,8,18H2,1H3. The van der Waals surface area contributed by atoms with E-state index in [1.807, 2.05) is 25.1 Å². The molecule has 0 aliphatic carbocycles. The molecule has 2 aromatic carbocycles. The summed E-state index contributed by atoms with van der Waals surface area (Å²) in [5, 5.41) is 0.506. The van der Waals surface area contributed by atoms with Crippen LogP contribution in [0, 0.1) is 12.7 Å². The van der Waals surface area contributed by atoms with E-state index in [2.05, 4.69) is 6.07 Å². The van der Waals surface area contributed by atoms with Gasteiger partial charge < -0.3 is 5.73 Å². The number of hydrogen-bond acceptors (Lipinski definition) is 1. The Morgan fingerprint density at radius 1 is 1.22 bits per heavy atom. The number of benzene rings is 2. The molecule has 0 saturated heterocycles. The van der Waals surface area contributed by atoms with Crippen molar-refractivity contribution in [2.45, 2.75) is 19.4 Å². The quantitative estimate of drug-likeness (QED) is 0.889. The lowest BCUT2D eigenvalue weighted by atomic mass is 9.98. The van der Waals surface area contributed by atoms with Crippen molar-refractivity contribution in [2.24, 2.45) is 5.73 Å². The third-order valence-electron chi connectivity index (χ3n) is 2.90. The van der Waals surface area contributed by atoms with Crippen molar-refractivity contribution in [3.05, 3.63) is 70.0 Å². The van der Waals surface area contributed by atoms with Crippen LogP contribution in [0.2, 0.25) is 5.02 Å². The molecule has 0 spiro atoms. The van der Waals surface area contributed by atoms with E-state index in [9.17, 15) is 4.39 Å². The molecule has 0 bridgehead atoms. The monoisotopic (exact) mass is 263 g/mol. The summed E-state index contributed by atoms with van der Waals surface area (Å²) in [5.41, 5.74) is 8.78. The molecule has 2 aromatic rings. The van der Waals surface area contributed by atoms with Gasteiger partial charge in [-0.3, -0.25) is 0 Å². The maximum absolute atomic E-state index is 13.7. The summed E-state index contributed by atoms with van der Waals surface area (Å²) in [6.45, 7) is 2.02. The molecular formula is C15H15ClFN. The van der Waals surface area contributed by atoms with Gasteiger partial charge in [-0.15, -0.1) is 0 Å². The van der Waals surface area contributed by atoms with Crippen LogP contribution in [-0.2, 0) is 6.42 Å². The van der Waals surface area contributed by atoms with Gasteiger partial charge in [0.25, 0.3) is 0 Å². The van der Waals surface area contributed by atoms with E-state index < -0.39 is 0 Å². The highest BCUT2D eigenvalue weighted by atomic mass is 35.5. The van der Waals surface area contributed by atoms with E-state index in [1.54, 1.807) is 6.07 Å². The number of halogens is 2. The Hall–Kier alpha value is -1.38. The van der Waals surface area contributed by atoms with Gasteiger partial charge >= 0.3 is 0 Å². The minimum Gasteiger partial charge on any atom is -0.324 e. The number of hydrogen-bond donors (Lipinski definition) is 1. The summed E-state index contributed by atoms with van der Waals surface area (Å²) in [5.74, 6) is -0.306. The first-order valence-electron chi connectivity index (χ1n) is 5.82. The van der Waals surface area contributed by atoms with Crippen LogP contribution < -0.4 is 5.73 Å². The predicted octanol–water partition coefficient (Wildman–Crippen LogP) is 4.03. The van der Waals surface area contributed by atoms with Gasteiger partial charge in [0.15, 0.2) is 0 Å². The van der Waals surface area contributed by atoms with Crippen molar-refractivity contribution in [3.63, 3.8) is 0 Å². The molecule has 0 aliphatic heterocycles. The predicted molar refractivity (Wildman–Crippen MR) is 73.2 cm³/mol. The SMILES string of the molecule is Cc1cccc(CC(N)c2cc(Cl)ccc2F)c1.